The third kappa shape index (κ3) is 2.43. The second kappa shape index (κ2) is 3.63. The average molecular weight is 361 g/mol. The Balaban J connectivity index is 3.33. The molecule has 0 aliphatic heterocycles. The van der Waals surface area contributed by atoms with Gasteiger partial charge >= 0.3 is 0 Å². The van der Waals surface area contributed by atoms with Gasteiger partial charge in [0.2, 0.25) is 0 Å². The van der Waals surface area contributed by atoms with Crippen LogP contribution in [0.2, 0.25) is 0 Å². The minimum atomic E-state index is -3.07. The molecular formula is C7H6BrIO2S. The molecule has 0 heterocycles. The van der Waals surface area contributed by atoms with Crippen LogP contribution in [0.4, 0.5) is 0 Å². The minimum absolute atomic E-state index is 0.357. The lowest BCUT2D eigenvalue weighted by Crippen LogP contribution is -1.97. The highest BCUT2D eigenvalue weighted by molar-refractivity contribution is 14.1. The molecule has 0 bridgehead atoms. The van der Waals surface area contributed by atoms with Crippen LogP contribution in [0.5, 0.6) is 0 Å². The summed E-state index contributed by atoms with van der Waals surface area (Å²) in [6, 6.07) is 4.96. The maximum absolute atomic E-state index is 11.1. The van der Waals surface area contributed by atoms with E-state index < -0.39 is 9.84 Å². The molecule has 1 aromatic carbocycles. The fraction of sp³-hybridized carbons (Fsp3) is 0.143. The molecule has 0 aromatic heterocycles. The van der Waals surface area contributed by atoms with Gasteiger partial charge in [-0.05, 0) is 56.7 Å². The van der Waals surface area contributed by atoms with Crippen molar-refractivity contribution in [3.8, 4) is 0 Å². The monoisotopic (exact) mass is 360 g/mol. The lowest BCUT2D eigenvalue weighted by Gasteiger charge is -1.99. The largest absolute Gasteiger partial charge is 0.224 e. The highest BCUT2D eigenvalue weighted by Gasteiger charge is 2.07. The van der Waals surface area contributed by atoms with E-state index in [0.717, 1.165) is 8.04 Å². The Morgan fingerprint density at radius 1 is 1.42 bits per heavy atom. The van der Waals surface area contributed by atoms with Gasteiger partial charge in [-0.25, -0.2) is 8.42 Å². The number of hydrogen-bond acceptors (Lipinski definition) is 2. The Bertz CT molecular complexity index is 400. The fourth-order valence-corrected chi connectivity index (χ4v) is 2.33. The first-order chi connectivity index (χ1) is 5.41. The van der Waals surface area contributed by atoms with E-state index in [4.69, 9.17) is 0 Å². The predicted molar refractivity (Wildman–Crippen MR) is 60.0 cm³/mol. The second-order valence-electron chi connectivity index (χ2n) is 2.35. The Morgan fingerprint density at radius 2 is 2.00 bits per heavy atom. The molecular weight excluding hydrogens is 355 g/mol. The van der Waals surface area contributed by atoms with Crippen molar-refractivity contribution in [2.75, 3.05) is 6.26 Å². The lowest BCUT2D eigenvalue weighted by molar-refractivity contribution is 0.602. The van der Waals surface area contributed by atoms with Gasteiger partial charge in [-0.3, -0.25) is 0 Å². The zero-order valence-corrected chi connectivity index (χ0v) is 10.8. The summed E-state index contributed by atoms with van der Waals surface area (Å²) in [5, 5.41) is 0. The van der Waals surface area contributed by atoms with Crippen LogP contribution < -0.4 is 0 Å². The summed E-state index contributed by atoms with van der Waals surface area (Å²) >= 11 is 5.37. The summed E-state index contributed by atoms with van der Waals surface area (Å²) in [6.45, 7) is 0. The van der Waals surface area contributed by atoms with Crippen LogP contribution in [0, 0.1) is 3.57 Å². The van der Waals surface area contributed by atoms with E-state index in [-0.39, 0.29) is 0 Å². The van der Waals surface area contributed by atoms with E-state index in [1.807, 2.05) is 0 Å². The lowest BCUT2D eigenvalue weighted by atomic mass is 10.4. The van der Waals surface area contributed by atoms with E-state index in [2.05, 4.69) is 38.5 Å². The van der Waals surface area contributed by atoms with Crippen LogP contribution >= 0.6 is 38.5 Å². The summed E-state index contributed by atoms with van der Waals surface area (Å²) in [4.78, 5) is 0.357. The quantitative estimate of drug-likeness (QED) is 0.721. The topological polar surface area (TPSA) is 34.1 Å². The van der Waals surface area contributed by atoms with E-state index in [1.54, 1.807) is 18.2 Å². The molecule has 0 N–H and O–H groups in total. The number of rotatable bonds is 1. The molecule has 12 heavy (non-hydrogen) atoms. The van der Waals surface area contributed by atoms with Gasteiger partial charge in [-0.15, -0.1) is 0 Å². The first kappa shape index (κ1) is 10.5. The molecule has 66 valence electrons. The third-order valence-electron chi connectivity index (χ3n) is 1.32. The predicted octanol–water partition coefficient (Wildman–Crippen LogP) is 2.46. The molecule has 0 radical (unpaired) electrons. The van der Waals surface area contributed by atoms with Crippen molar-refractivity contribution in [3.05, 3.63) is 26.2 Å². The normalized spacial score (nSPS) is 11.6. The molecule has 0 fully saturated rings. The third-order valence-corrected chi connectivity index (χ3v) is 4.75. The second-order valence-corrected chi connectivity index (χ2v) is 6.38. The van der Waals surface area contributed by atoms with Crippen LogP contribution in [0.15, 0.2) is 27.6 Å². The number of benzene rings is 1. The van der Waals surface area contributed by atoms with Crippen molar-refractivity contribution in [3.63, 3.8) is 0 Å². The van der Waals surface area contributed by atoms with Crippen molar-refractivity contribution in [1.82, 2.24) is 0 Å². The van der Waals surface area contributed by atoms with Crippen molar-refractivity contribution >= 4 is 48.4 Å². The molecule has 0 saturated carbocycles. The van der Waals surface area contributed by atoms with Crippen LogP contribution in [-0.4, -0.2) is 14.7 Å². The summed E-state index contributed by atoms with van der Waals surface area (Å²) in [5.41, 5.74) is 0. The first-order valence-corrected chi connectivity index (χ1v) is 6.82. The maximum atomic E-state index is 11.1. The highest BCUT2D eigenvalue weighted by atomic mass is 127. The van der Waals surface area contributed by atoms with Gasteiger partial charge in [-0.1, -0.05) is 0 Å². The van der Waals surface area contributed by atoms with Crippen LogP contribution in [0.25, 0.3) is 0 Å². The molecule has 5 heteroatoms. The van der Waals surface area contributed by atoms with Crippen LogP contribution in [0.3, 0.4) is 0 Å². The van der Waals surface area contributed by atoms with Gasteiger partial charge in [0.1, 0.15) is 0 Å². The molecule has 1 aromatic rings. The fourth-order valence-electron chi connectivity index (χ4n) is 0.707. The van der Waals surface area contributed by atoms with Gasteiger partial charge < -0.3 is 0 Å². The van der Waals surface area contributed by atoms with Gasteiger partial charge in [0.05, 0.1) is 4.90 Å². The maximum Gasteiger partial charge on any atom is 0.175 e. The minimum Gasteiger partial charge on any atom is -0.224 e. The van der Waals surface area contributed by atoms with E-state index in [0.29, 0.717) is 4.90 Å². The van der Waals surface area contributed by atoms with Gasteiger partial charge in [0.25, 0.3) is 0 Å². The standard InChI is InChI=1S/C7H6BrIO2S/c1-12(10,11)5-2-3-6(8)7(9)4-5/h2-4H,1H3. The van der Waals surface area contributed by atoms with E-state index in [9.17, 15) is 8.42 Å². The molecule has 2 nitrogen and oxygen atoms in total. The Kier molecular flexibility index (Phi) is 3.16. The highest BCUT2D eigenvalue weighted by Crippen LogP contribution is 2.22. The van der Waals surface area contributed by atoms with Crippen molar-refractivity contribution in [2.45, 2.75) is 4.90 Å². The number of halogens is 2. The molecule has 0 unspecified atom stereocenters. The summed E-state index contributed by atoms with van der Waals surface area (Å²) in [5.74, 6) is 0. The summed E-state index contributed by atoms with van der Waals surface area (Å²) in [6.07, 6.45) is 1.20. The van der Waals surface area contributed by atoms with Crippen LogP contribution in [0.1, 0.15) is 0 Å². The Morgan fingerprint density at radius 3 is 2.42 bits per heavy atom. The molecule has 0 atom stereocenters. The van der Waals surface area contributed by atoms with Crippen molar-refractivity contribution in [1.29, 1.82) is 0 Å². The van der Waals surface area contributed by atoms with Gasteiger partial charge in [0, 0.05) is 14.3 Å². The van der Waals surface area contributed by atoms with Crippen LogP contribution in [-0.2, 0) is 9.84 Å². The molecule has 0 saturated heterocycles. The molecule has 0 spiro atoms. The number of hydrogen-bond donors (Lipinski definition) is 0. The zero-order valence-electron chi connectivity index (χ0n) is 6.21. The average Bonchev–Trinajstić information content (AvgIpc) is 1.92. The number of sulfone groups is 1. The van der Waals surface area contributed by atoms with E-state index in [1.165, 1.54) is 6.26 Å². The summed E-state index contributed by atoms with van der Waals surface area (Å²) < 4.78 is 24.0. The molecule has 0 amide bonds. The Hall–Kier alpha value is 0.380. The van der Waals surface area contributed by atoms with Gasteiger partial charge in [-0.2, -0.15) is 0 Å². The molecule has 0 aliphatic carbocycles. The van der Waals surface area contributed by atoms with E-state index >= 15 is 0 Å². The van der Waals surface area contributed by atoms with Crippen molar-refractivity contribution < 1.29 is 8.42 Å². The smallest absolute Gasteiger partial charge is 0.175 e. The SMILES string of the molecule is CS(=O)(=O)c1ccc(Br)c(I)c1. The van der Waals surface area contributed by atoms with Crippen molar-refractivity contribution in [2.24, 2.45) is 0 Å². The molecule has 1 rings (SSSR count). The van der Waals surface area contributed by atoms with Gasteiger partial charge in [0.15, 0.2) is 9.84 Å². The summed E-state index contributed by atoms with van der Waals surface area (Å²) in [7, 11) is -3.07. The Labute approximate surface area is 93.6 Å². The first-order valence-electron chi connectivity index (χ1n) is 3.06. The molecule has 0 aliphatic rings. The zero-order chi connectivity index (χ0) is 9.35.